The third-order valence-electron chi connectivity index (χ3n) is 11.1. The molecule has 0 unspecified atom stereocenters. The largest absolute Gasteiger partial charge is 0.454 e. The fourth-order valence-electron chi connectivity index (χ4n) is 8.80. The minimum Gasteiger partial charge on any atom is -0.454 e. The summed E-state index contributed by atoms with van der Waals surface area (Å²) in [7, 11) is 0. The van der Waals surface area contributed by atoms with Crippen molar-refractivity contribution in [1.29, 1.82) is 0 Å². The van der Waals surface area contributed by atoms with Crippen molar-refractivity contribution in [2.75, 3.05) is 0 Å². The minimum absolute atomic E-state index is 0.681. The summed E-state index contributed by atoms with van der Waals surface area (Å²) in [5.41, 5.74) is 12.1. The molecule has 5 nitrogen and oxygen atoms in total. The van der Waals surface area contributed by atoms with E-state index in [1.165, 1.54) is 10.8 Å². The predicted molar refractivity (Wildman–Crippen MR) is 226 cm³/mol. The van der Waals surface area contributed by atoms with Crippen molar-refractivity contribution in [3.05, 3.63) is 182 Å². The van der Waals surface area contributed by atoms with Crippen molar-refractivity contribution >= 4 is 76.5 Å². The number of aromatic nitrogens is 4. The van der Waals surface area contributed by atoms with Crippen LogP contribution >= 0.6 is 0 Å². The van der Waals surface area contributed by atoms with Gasteiger partial charge in [-0.1, -0.05) is 133 Å². The first kappa shape index (κ1) is 30.0. The topological polar surface area (TPSA) is 48.8 Å². The predicted octanol–water partition coefficient (Wildman–Crippen LogP) is 13.1. The second-order valence-corrected chi connectivity index (χ2v) is 14.1. The van der Waals surface area contributed by atoms with E-state index in [1.54, 1.807) is 0 Å². The van der Waals surface area contributed by atoms with Gasteiger partial charge in [0.1, 0.15) is 5.58 Å². The van der Waals surface area contributed by atoms with Crippen LogP contribution in [0, 0.1) is 0 Å². The quantitative estimate of drug-likeness (QED) is 0.183. The Labute approximate surface area is 315 Å². The molecule has 0 saturated heterocycles. The molecule has 0 bridgehead atoms. The van der Waals surface area contributed by atoms with Crippen molar-refractivity contribution in [2.24, 2.45) is 0 Å². The lowest BCUT2D eigenvalue weighted by Gasteiger charge is -2.13. The Hall–Kier alpha value is -7.50. The molecule has 8 aromatic carbocycles. The lowest BCUT2D eigenvalue weighted by molar-refractivity contribution is 0.671. The Morgan fingerprint density at radius 1 is 0.400 bits per heavy atom. The highest BCUT2D eigenvalue weighted by atomic mass is 16.3. The summed E-state index contributed by atoms with van der Waals surface area (Å²) in [6.45, 7) is 0. The maximum Gasteiger partial charge on any atom is 0.160 e. The Bertz CT molecular complexity index is 3480. The van der Waals surface area contributed by atoms with Gasteiger partial charge in [0, 0.05) is 60.2 Å². The number of para-hydroxylation sites is 5. The number of fused-ring (bicyclic) bond motifs is 13. The smallest absolute Gasteiger partial charge is 0.160 e. The summed E-state index contributed by atoms with van der Waals surface area (Å²) in [5.74, 6) is 0.681. The van der Waals surface area contributed by atoms with Gasteiger partial charge in [-0.25, -0.2) is 9.97 Å². The van der Waals surface area contributed by atoms with E-state index < -0.39 is 0 Å². The molecule has 0 aliphatic carbocycles. The molecular weight excluding hydrogens is 673 g/mol. The van der Waals surface area contributed by atoms with Crippen LogP contribution < -0.4 is 0 Å². The number of benzene rings is 8. The van der Waals surface area contributed by atoms with Gasteiger partial charge in [0.05, 0.1) is 33.3 Å². The summed E-state index contributed by atoms with van der Waals surface area (Å²) >= 11 is 0. The van der Waals surface area contributed by atoms with Crippen molar-refractivity contribution < 1.29 is 4.42 Å². The molecule has 4 heterocycles. The van der Waals surface area contributed by atoms with Gasteiger partial charge in [-0.15, -0.1) is 0 Å². The third kappa shape index (κ3) is 4.29. The molecular formula is C50H30N4O. The van der Waals surface area contributed by atoms with E-state index in [-0.39, 0.29) is 0 Å². The van der Waals surface area contributed by atoms with Gasteiger partial charge in [0.2, 0.25) is 0 Å². The molecule has 0 aliphatic rings. The molecule has 0 atom stereocenters. The molecule has 0 fully saturated rings. The van der Waals surface area contributed by atoms with E-state index in [0.29, 0.717) is 5.82 Å². The molecule has 55 heavy (non-hydrogen) atoms. The Morgan fingerprint density at radius 3 is 1.76 bits per heavy atom. The average Bonchev–Trinajstić information content (AvgIpc) is 3.92. The number of hydrogen-bond acceptors (Lipinski definition) is 3. The first-order valence-corrected chi connectivity index (χ1v) is 18.6. The Kier molecular flexibility index (Phi) is 6.27. The zero-order valence-corrected chi connectivity index (χ0v) is 29.5. The highest BCUT2D eigenvalue weighted by Crippen LogP contribution is 2.49. The number of nitrogens with zero attached hydrogens (tertiary/aromatic N) is 4. The van der Waals surface area contributed by atoms with Crippen LogP contribution in [0.3, 0.4) is 0 Å². The zero-order chi connectivity index (χ0) is 36.0. The lowest BCUT2D eigenvalue weighted by atomic mass is 10.0. The average molecular weight is 703 g/mol. The van der Waals surface area contributed by atoms with E-state index in [4.69, 9.17) is 14.4 Å². The van der Waals surface area contributed by atoms with Gasteiger partial charge >= 0.3 is 0 Å². The summed E-state index contributed by atoms with van der Waals surface area (Å²) in [5, 5.41) is 7.95. The van der Waals surface area contributed by atoms with Gasteiger partial charge < -0.3 is 13.6 Å². The highest BCUT2D eigenvalue weighted by molar-refractivity contribution is 6.39. The van der Waals surface area contributed by atoms with E-state index in [9.17, 15) is 0 Å². The molecule has 4 aromatic heterocycles. The third-order valence-corrected chi connectivity index (χ3v) is 11.1. The van der Waals surface area contributed by atoms with Crippen molar-refractivity contribution in [3.63, 3.8) is 0 Å². The molecule has 0 N–H and O–H groups in total. The van der Waals surface area contributed by atoms with Gasteiger partial charge in [0.15, 0.2) is 11.4 Å². The fraction of sp³-hybridized carbons (Fsp3) is 0. The summed E-state index contributed by atoms with van der Waals surface area (Å²) in [6.07, 6.45) is 0. The van der Waals surface area contributed by atoms with Gasteiger partial charge in [-0.3, -0.25) is 0 Å². The molecule has 5 heteroatoms. The van der Waals surface area contributed by atoms with Crippen molar-refractivity contribution in [3.8, 4) is 34.0 Å². The molecule has 0 aliphatic heterocycles. The van der Waals surface area contributed by atoms with Crippen LogP contribution in [0.2, 0.25) is 0 Å². The van der Waals surface area contributed by atoms with Crippen LogP contribution in [0.15, 0.2) is 186 Å². The van der Waals surface area contributed by atoms with E-state index in [2.05, 4.69) is 173 Å². The molecule has 0 amide bonds. The maximum absolute atomic E-state index is 7.00. The van der Waals surface area contributed by atoms with Crippen LogP contribution in [0.5, 0.6) is 0 Å². The summed E-state index contributed by atoms with van der Waals surface area (Å²) < 4.78 is 11.8. The number of rotatable bonds is 4. The standard InChI is InChI=1S/C50H30N4O/c1-3-16-31(17-4-1)46-35-22-7-11-26-39(35)51-50(52-46)32-18-15-21-34(30-32)54-41-28-13-9-24-37(41)45-47-43(44-38-25-10-14-29-42(38)55-49(44)48(45)54)36-23-8-12-27-40(36)53(47)33-19-5-2-6-20-33/h1-30H. The van der Waals surface area contributed by atoms with E-state index in [1.807, 2.05) is 18.2 Å². The minimum atomic E-state index is 0.681. The normalized spacial score (nSPS) is 12.0. The molecule has 0 radical (unpaired) electrons. The first-order chi connectivity index (χ1) is 27.3. The van der Waals surface area contributed by atoms with Gasteiger partial charge in [-0.2, -0.15) is 0 Å². The fourth-order valence-corrected chi connectivity index (χ4v) is 8.80. The SMILES string of the molecule is c1ccc(-c2nc(-c3cccc(-n4c5ccccc5c5c4c4oc6ccccc6c4c4c6ccccc6n(-c6ccccc6)c45)c3)nc3ccccc23)cc1. The molecule has 12 aromatic rings. The van der Waals surface area contributed by atoms with Crippen molar-refractivity contribution in [2.45, 2.75) is 0 Å². The Morgan fingerprint density at radius 2 is 0.982 bits per heavy atom. The van der Waals surface area contributed by atoms with E-state index >= 15 is 0 Å². The molecule has 256 valence electrons. The van der Waals surface area contributed by atoms with Crippen LogP contribution in [-0.4, -0.2) is 19.1 Å². The van der Waals surface area contributed by atoms with Crippen molar-refractivity contribution in [1.82, 2.24) is 19.1 Å². The first-order valence-electron chi connectivity index (χ1n) is 18.6. The Balaban J connectivity index is 1.23. The molecule has 0 saturated carbocycles. The highest BCUT2D eigenvalue weighted by Gasteiger charge is 2.27. The second-order valence-electron chi connectivity index (χ2n) is 14.1. The number of furan rings is 1. The van der Waals surface area contributed by atoms with Crippen LogP contribution in [0.25, 0.3) is 110 Å². The van der Waals surface area contributed by atoms with Crippen LogP contribution in [0.1, 0.15) is 0 Å². The number of hydrogen-bond donors (Lipinski definition) is 0. The summed E-state index contributed by atoms with van der Waals surface area (Å²) in [4.78, 5) is 10.4. The van der Waals surface area contributed by atoms with Gasteiger partial charge in [-0.05, 0) is 48.5 Å². The van der Waals surface area contributed by atoms with Crippen LogP contribution in [0.4, 0.5) is 0 Å². The summed E-state index contributed by atoms with van der Waals surface area (Å²) in [6, 6.07) is 63.9. The van der Waals surface area contributed by atoms with E-state index in [0.717, 1.165) is 93.9 Å². The van der Waals surface area contributed by atoms with Gasteiger partial charge in [0.25, 0.3) is 0 Å². The molecule has 0 spiro atoms. The maximum atomic E-state index is 7.00. The zero-order valence-electron chi connectivity index (χ0n) is 29.5. The monoisotopic (exact) mass is 702 g/mol. The molecule has 12 rings (SSSR count). The second kappa shape index (κ2) is 11.5. The van der Waals surface area contributed by atoms with Crippen LogP contribution in [-0.2, 0) is 0 Å². The lowest BCUT2D eigenvalue weighted by Crippen LogP contribution is -1.98.